The van der Waals surface area contributed by atoms with E-state index in [9.17, 15) is 4.79 Å². The lowest BCUT2D eigenvalue weighted by molar-refractivity contribution is 0.0633. The van der Waals surface area contributed by atoms with Crippen molar-refractivity contribution < 1.29 is 9.53 Å². The molecule has 0 N–H and O–H groups in total. The van der Waals surface area contributed by atoms with Crippen LogP contribution in [0.3, 0.4) is 0 Å². The fraction of sp³-hybridized carbons (Fsp3) is 0.476. The van der Waals surface area contributed by atoms with Gasteiger partial charge in [0, 0.05) is 44.0 Å². The number of amides is 1. The van der Waals surface area contributed by atoms with E-state index >= 15 is 0 Å². The first kappa shape index (κ1) is 17.6. The number of aryl methyl sites for hydroxylation is 2. The number of piperazine rings is 1. The lowest BCUT2D eigenvalue weighted by atomic mass is 10.1. The third-order valence-corrected chi connectivity index (χ3v) is 6.51. The Labute approximate surface area is 159 Å². The number of carbonyl (C=O) groups excluding carboxylic acids is 1. The topological polar surface area (TPSA) is 32.8 Å². The molecule has 0 bridgehead atoms. The molecule has 0 unspecified atom stereocenters. The van der Waals surface area contributed by atoms with Crippen molar-refractivity contribution in [1.29, 1.82) is 0 Å². The van der Waals surface area contributed by atoms with Gasteiger partial charge in [0.05, 0.1) is 11.5 Å². The van der Waals surface area contributed by atoms with Gasteiger partial charge in [0.15, 0.2) is 0 Å². The first-order valence-electron chi connectivity index (χ1n) is 9.49. The summed E-state index contributed by atoms with van der Waals surface area (Å²) >= 11 is 1.64. The van der Waals surface area contributed by atoms with Crippen LogP contribution in [-0.2, 0) is 19.4 Å². The molecule has 26 heavy (non-hydrogen) atoms. The normalized spacial score (nSPS) is 17.2. The summed E-state index contributed by atoms with van der Waals surface area (Å²) in [5.74, 6) is 1.24. The molecule has 1 saturated heterocycles. The second kappa shape index (κ2) is 7.41. The third kappa shape index (κ3) is 3.51. The number of benzene rings is 1. The van der Waals surface area contributed by atoms with E-state index in [-0.39, 0.29) is 5.91 Å². The van der Waals surface area contributed by atoms with Gasteiger partial charge < -0.3 is 9.64 Å². The maximum absolute atomic E-state index is 12.8. The summed E-state index contributed by atoms with van der Waals surface area (Å²) < 4.78 is 5.59. The first-order chi connectivity index (χ1) is 12.6. The summed E-state index contributed by atoms with van der Waals surface area (Å²) in [7, 11) is 0. The van der Waals surface area contributed by atoms with Crippen LogP contribution in [0.25, 0.3) is 0 Å². The standard InChI is InChI=1S/C21H26N2O2S/c1-3-17-13-20(26-15(17)2)21(24)23-9-7-22(8-10-23)14-16-4-5-19-18(12-16)6-11-25-19/h4-5,12-13H,3,6-11,14H2,1-2H3. The number of ether oxygens (including phenoxy) is 1. The SMILES string of the molecule is CCc1cc(C(=O)N2CCN(Cc3ccc4c(c3)CCO4)CC2)sc1C. The summed E-state index contributed by atoms with van der Waals surface area (Å²) in [5, 5.41) is 0. The summed E-state index contributed by atoms with van der Waals surface area (Å²) in [6.45, 7) is 9.51. The van der Waals surface area contributed by atoms with Gasteiger partial charge >= 0.3 is 0 Å². The lowest BCUT2D eigenvalue weighted by Gasteiger charge is -2.34. The smallest absolute Gasteiger partial charge is 0.264 e. The van der Waals surface area contributed by atoms with Crippen LogP contribution >= 0.6 is 11.3 Å². The molecule has 1 amide bonds. The second-order valence-electron chi connectivity index (χ2n) is 7.15. The Bertz CT molecular complexity index is 806. The fourth-order valence-corrected chi connectivity index (χ4v) is 4.92. The molecule has 3 heterocycles. The van der Waals surface area contributed by atoms with Gasteiger partial charge in [0.1, 0.15) is 5.75 Å². The van der Waals surface area contributed by atoms with Crippen molar-refractivity contribution >= 4 is 17.2 Å². The summed E-state index contributed by atoms with van der Waals surface area (Å²) in [6.07, 6.45) is 2.01. The molecule has 138 valence electrons. The van der Waals surface area contributed by atoms with Gasteiger partial charge in [-0.05, 0) is 42.2 Å². The highest BCUT2D eigenvalue weighted by Gasteiger charge is 2.24. The van der Waals surface area contributed by atoms with E-state index in [1.807, 2.05) is 4.90 Å². The van der Waals surface area contributed by atoms with E-state index in [1.54, 1.807) is 11.3 Å². The molecule has 1 fully saturated rings. The van der Waals surface area contributed by atoms with Gasteiger partial charge in [-0.25, -0.2) is 0 Å². The Kier molecular flexibility index (Phi) is 5.00. The Hall–Kier alpha value is -1.85. The van der Waals surface area contributed by atoms with Gasteiger partial charge in [0.2, 0.25) is 0 Å². The number of hydrogen-bond donors (Lipinski definition) is 0. The molecule has 2 aliphatic rings. The van der Waals surface area contributed by atoms with Crippen LogP contribution in [-0.4, -0.2) is 48.5 Å². The maximum atomic E-state index is 12.8. The molecule has 2 aromatic rings. The zero-order valence-electron chi connectivity index (χ0n) is 15.6. The van der Waals surface area contributed by atoms with Gasteiger partial charge in [0.25, 0.3) is 5.91 Å². The molecule has 4 rings (SSSR count). The van der Waals surface area contributed by atoms with Crippen LogP contribution < -0.4 is 4.74 Å². The molecule has 0 atom stereocenters. The summed E-state index contributed by atoms with van der Waals surface area (Å²) in [4.78, 5) is 19.4. The molecular weight excluding hydrogens is 344 g/mol. The van der Waals surface area contributed by atoms with Gasteiger partial charge in [-0.1, -0.05) is 19.1 Å². The van der Waals surface area contributed by atoms with Crippen molar-refractivity contribution in [1.82, 2.24) is 9.80 Å². The van der Waals surface area contributed by atoms with Crippen molar-refractivity contribution in [3.63, 3.8) is 0 Å². The average molecular weight is 371 g/mol. The van der Waals surface area contributed by atoms with Crippen LogP contribution in [0.2, 0.25) is 0 Å². The van der Waals surface area contributed by atoms with Gasteiger partial charge in [-0.15, -0.1) is 11.3 Å². The third-order valence-electron chi connectivity index (χ3n) is 5.43. The molecule has 4 nitrogen and oxygen atoms in total. The summed E-state index contributed by atoms with van der Waals surface area (Å²) in [6, 6.07) is 8.63. The Morgan fingerprint density at radius 2 is 2.00 bits per heavy atom. The van der Waals surface area contributed by atoms with Crippen LogP contribution in [0.1, 0.15) is 38.2 Å². The molecule has 0 saturated carbocycles. The average Bonchev–Trinajstić information content (AvgIpc) is 3.27. The maximum Gasteiger partial charge on any atom is 0.264 e. The zero-order valence-corrected chi connectivity index (χ0v) is 16.4. The van der Waals surface area contributed by atoms with Crippen LogP contribution in [0.5, 0.6) is 5.75 Å². The fourth-order valence-electron chi connectivity index (χ4n) is 3.84. The number of fused-ring (bicyclic) bond motifs is 1. The van der Waals surface area contributed by atoms with Crippen molar-refractivity contribution in [2.75, 3.05) is 32.8 Å². The zero-order chi connectivity index (χ0) is 18.1. The van der Waals surface area contributed by atoms with Crippen LogP contribution in [0.15, 0.2) is 24.3 Å². The molecular formula is C21H26N2O2S. The van der Waals surface area contributed by atoms with E-state index in [4.69, 9.17) is 4.74 Å². The van der Waals surface area contributed by atoms with Crippen molar-refractivity contribution in [2.45, 2.75) is 33.2 Å². The van der Waals surface area contributed by atoms with Gasteiger partial charge in [-0.2, -0.15) is 0 Å². The molecule has 0 aliphatic carbocycles. The van der Waals surface area contributed by atoms with E-state index in [0.29, 0.717) is 0 Å². The highest BCUT2D eigenvalue weighted by molar-refractivity contribution is 7.14. The predicted octanol–water partition coefficient (Wildman–Crippen LogP) is 3.51. The number of carbonyl (C=O) groups is 1. The molecule has 0 spiro atoms. The lowest BCUT2D eigenvalue weighted by Crippen LogP contribution is -2.48. The van der Waals surface area contributed by atoms with E-state index in [1.165, 1.54) is 21.6 Å². The molecule has 2 aliphatic heterocycles. The minimum atomic E-state index is 0.201. The molecule has 1 aromatic carbocycles. The van der Waals surface area contributed by atoms with Crippen LogP contribution in [0.4, 0.5) is 0 Å². The number of thiophene rings is 1. The van der Waals surface area contributed by atoms with E-state index in [0.717, 1.165) is 62.8 Å². The Balaban J connectivity index is 1.34. The Morgan fingerprint density at radius 1 is 1.19 bits per heavy atom. The van der Waals surface area contributed by atoms with Crippen molar-refractivity contribution in [2.24, 2.45) is 0 Å². The van der Waals surface area contributed by atoms with E-state index in [2.05, 4.69) is 43.0 Å². The number of rotatable bonds is 4. The predicted molar refractivity (Wildman–Crippen MR) is 105 cm³/mol. The highest BCUT2D eigenvalue weighted by atomic mass is 32.1. The van der Waals surface area contributed by atoms with Crippen LogP contribution in [0, 0.1) is 6.92 Å². The van der Waals surface area contributed by atoms with Crippen molar-refractivity contribution in [3.8, 4) is 5.75 Å². The Morgan fingerprint density at radius 3 is 2.73 bits per heavy atom. The first-order valence-corrected chi connectivity index (χ1v) is 10.3. The minimum absolute atomic E-state index is 0.201. The largest absolute Gasteiger partial charge is 0.493 e. The monoisotopic (exact) mass is 370 g/mol. The van der Waals surface area contributed by atoms with Gasteiger partial charge in [-0.3, -0.25) is 9.69 Å². The van der Waals surface area contributed by atoms with Crippen molar-refractivity contribution in [3.05, 3.63) is 50.7 Å². The van der Waals surface area contributed by atoms with E-state index < -0.39 is 0 Å². The molecule has 1 aromatic heterocycles. The highest BCUT2D eigenvalue weighted by Crippen LogP contribution is 2.27. The number of nitrogens with zero attached hydrogens (tertiary/aromatic N) is 2. The molecule has 5 heteroatoms. The molecule has 0 radical (unpaired) electrons. The number of hydrogen-bond acceptors (Lipinski definition) is 4. The minimum Gasteiger partial charge on any atom is -0.493 e. The quantitative estimate of drug-likeness (QED) is 0.826. The second-order valence-corrected chi connectivity index (χ2v) is 8.41. The summed E-state index contributed by atoms with van der Waals surface area (Å²) in [5.41, 5.74) is 3.98.